The van der Waals surface area contributed by atoms with Crippen molar-refractivity contribution in [2.45, 2.75) is 19.7 Å². The molecule has 1 N–H and O–H groups in total. The van der Waals surface area contributed by atoms with Crippen LogP contribution in [-0.4, -0.2) is 12.5 Å². The van der Waals surface area contributed by atoms with Crippen LogP contribution in [0.15, 0.2) is 66.2 Å². The van der Waals surface area contributed by atoms with E-state index in [1.807, 2.05) is 12.1 Å². The lowest BCUT2D eigenvalue weighted by Crippen LogP contribution is -2.15. The van der Waals surface area contributed by atoms with Gasteiger partial charge < -0.3 is 14.8 Å². The molecular weight excluding hydrogens is 516 g/mol. The number of carbonyl (C=O) groups excluding carboxylic acids is 1. The van der Waals surface area contributed by atoms with Crippen molar-refractivity contribution < 1.29 is 27.4 Å². The summed E-state index contributed by atoms with van der Waals surface area (Å²) >= 11 is 11.8. The predicted octanol–water partition coefficient (Wildman–Crippen LogP) is 7.54. The van der Waals surface area contributed by atoms with Gasteiger partial charge in [0, 0.05) is 5.02 Å². The Balaban J connectivity index is 1.81. The fourth-order valence-electron chi connectivity index (χ4n) is 3.05. The zero-order valence-corrected chi connectivity index (χ0v) is 20.3. The molecule has 0 bridgehead atoms. The van der Waals surface area contributed by atoms with Gasteiger partial charge in [0.1, 0.15) is 18.2 Å². The Labute approximate surface area is 215 Å². The first-order chi connectivity index (χ1) is 17.1. The molecule has 0 radical (unpaired) electrons. The molecule has 0 unspecified atom stereocenters. The second kappa shape index (κ2) is 11.8. The predicted molar refractivity (Wildman–Crippen MR) is 132 cm³/mol. The number of rotatable bonds is 8. The zero-order chi connectivity index (χ0) is 26.3. The molecular formula is C26H19Cl2F3N2O3. The molecule has 3 aromatic carbocycles. The number of nitrogens with zero attached hydrogens (tertiary/aromatic N) is 1. The molecule has 0 spiro atoms. The first-order valence-corrected chi connectivity index (χ1v) is 11.3. The summed E-state index contributed by atoms with van der Waals surface area (Å²) in [5, 5.41) is 12.3. The number of ether oxygens (including phenoxy) is 2. The van der Waals surface area contributed by atoms with Gasteiger partial charge in [0.25, 0.3) is 5.91 Å². The Morgan fingerprint density at radius 1 is 1.03 bits per heavy atom. The summed E-state index contributed by atoms with van der Waals surface area (Å²) in [6.45, 7) is 2.39. The van der Waals surface area contributed by atoms with Crippen LogP contribution in [0, 0.1) is 11.3 Å². The fourth-order valence-corrected chi connectivity index (χ4v) is 3.34. The number of carbonyl (C=O) groups is 1. The number of alkyl halides is 3. The van der Waals surface area contributed by atoms with Gasteiger partial charge in [-0.05, 0) is 66.6 Å². The molecule has 3 aromatic rings. The van der Waals surface area contributed by atoms with Gasteiger partial charge in [0.15, 0.2) is 11.5 Å². The second-order valence-corrected chi connectivity index (χ2v) is 8.21. The number of hydrogen-bond donors (Lipinski definition) is 1. The van der Waals surface area contributed by atoms with Crippen molar-refractivity contribution >= 4 is 40.9 Å². The van der Waals surface area contributed by atoms with Crippen molar-refractivity contribution in [2.24, 2.45) is 0 Å². The Morgan fingerprint density at radius 3 is 2.39 bits per heavy atom. The van der Waals surface area contributed by atoms with Crippen molar-refractivity contribution in [3.8, 4) is 17.6 Å². The van der Waals surface area contributed by atoms with Gasteiger partial charge in [-0.1, -0.05) is 41.4 Å². The first kappa shape index (κ1) is 26.9. The van der Waals surface area contributed by atoms with Crippen LogP contribution in [0.5, 0.6) is 11.5 Å². The van der Waals surface area contributed by atoms with E-state index in [2.05, 4.69) is 5.32 Å². The quantitative estimate of drug-likeness (QED) is 0.239. The largest absolute Gasteiger partial charge is 0.490 e. The van der Waals surface area contributed by atoms with E-state index >= 15 is 0 Å². The van der Waals surface area contributed by atoms with Gasteiger partial charge in [-0.15, -0.1) is 0 Å². The van der Waals surface area contributed by atoms with Crippen molar-refractivity contribution in [1.82, 2.24) is 0 Å². The van der Waals surface area contributed by atoms with E-state index in [0.29, 0.717) is 34.8 Å². The molecule has 36 heavy (non-hydrogen) atoms. The smallest absolute Gasteiger partial charge is 0.416 e. The molecule has 0 aliphatic carbocycles. The van der Waals surface area contributed by atoms with Crippen molar-refractivity contribution in [3.63, 3.8) is 0 Å². The van der Waals surface area contributed by atoms with Crippen LogP contribution in [-0.2, 0) is 17.6 Å². The molecule has 0 saturated heterocycles. The molecule has 0 aromatic heterocycles. The van der Waals surface area contributed by atoms with Crippen molar-refractivity contribution in [1.29, 1.82) is 5.26 Å². The van der Waals surface area contributed by atoms with E-state index < -0.39 is 17.6 Å². The summed E-state index contributed by atoms with van der Waals surface area (Å²) in [4.78, 5) is 12.6. The highest BCUT2D eigenvalue weighted by molar-refractivity contribution is 6.34. The molecule has 0 fully saturated rings. The second-order valence-electron chi connectivity index (χ2n) is 7.37. The molecule has 0 aliphatic rings. The fraction of sp³-hybridized carbons (Fsp3) is 0.154. The molecule has 10 heteroatoms. The molecule has 3 rings (SSSR count). The van der Waals surface area contributed by atoms with Gasteiger partial charge in [0.05, 0.1) is 22.9 Å². The standard InChI is InChI=1S/C26H19Cl2F3N2O3/c1-2-35-24-12-17(5-10-23(24)36-15-16-3-7-20(27)8-4-16)11-18(14-32)25(34)33-22-13-19(26(29,30)31)6-9-21(22)28/h3-13H,2,15H2,1H3,(H,33,34)/b18-11-. The maximum absolute atomic E-state index is 13.0. The van der Waals surface area contributed by atoms with Gasteiger partial charge in [0.2, 0.25) is 0 Å². The maximum Gasteiger partial charge on any atom is 0.416 e. The monoisotopic (exact) mass is 534 g/mol. The average Bonchev–Trinajstić information content (AvgIpc) is 2.83. The van der Waals surface area contributed by atoms with Crippen LogP contribution < -0.4 is 14.8 Å². The molecule has 186 valence electrons. The van der Waals surface area contributed by atoms with Crippen LogP contribution >= 0.6 is 23.2 Å². The zero-order valence-electron chi connectivity index (χ0n) is 18.8. The number of hydrogen-bond acceptors (Lipinski definition) is 4. The van der Waals surface area contributed by atoms with E-state index in [1.165, 1.54) is 6.08 Å². The number of halogens is 5. The number of benzene rings is 3. The first-order valence-electron chi connectivity index (χ1n) is 10.5. The summed E-state index contributed by atoms with van der Waals surface area (Å²) < 4.78 is 50.5. The Kier molecular flexibility index (Phi) is 8.86. The highest BCUT2D eigenvalue weighted by atomic mass is 35.5. The summed E-state index contributed by atoms with van der Waals surface area (Å²) in [5.74, 6) is -0.0822. The SMILES string of the molecule is CCOc1cc(/C=C(/C#N)C(=O)Nc2cc(C(F)(F)F)ccc2Cl)ccc1OCc1ccc(Cl)cc1. The highest BCUT2D eigenvalue weighted by Crippen LogP contribution is 2.34. The van der Waals surface area contributed by atoms with Gasteiger partial charge >= 0.3 is 6.18 Å². The molecule has 0 heterocycles. The average molecular weight is 535 g/mol. The Bertz CT molecular complexity index is 1320. The van der Waals surface area contributed by atoms with Crippen LogP contribution in [0.25, 0.3) is 6.08 Å². The van der Waals surface area contributed by atoms with Crippen LogP contribution in [0.2, 0.25) is 10.0 Å². The van der Waals surface area contributed by atoms with Crippen LogP contribution in [0.1, 0.15) is 23.6 Å². The number of amides is 1. The molecule has 0 saturated carbocycles. The van der Waals surface area contributed by atoms with Crippen LogP contribution in [0.4, 0.5) is 18.9 Å². The number of anilines is 1. The molecule has 0 atom stereocenters. The normalized spacial score (nSPS) is 11.5. The maximum atomic E-state index is 13.0. The van der Waals surface area contributed by atoms with Gasteiger partial charge in [-0.25, -0.2) is 0 Å². The third kappa shape index (κ3) is 7.17. The Hall–Kier alpha value is -3.67. The van der Waals surface area contributed by atoms with E-state index in [0.717, 1.165) is 17.7 Å². The highest BCUT2D eigenvalue weighted by Gasteiger charge is 2.31. The minimum absolute atomic E-state index is 0.102. The number of nitrogens with one attached hydrogen (secondary N) is 1. The summed E-state index contributed by atoms with van der Waals surface area (Å²) in [5.41, 5.74) is -0.263. The topological polar surface area (TPSA) is 71.3 Å². The summed E-state index contributed by atoms with van der Waals surface area (Å²) in [7, 11) is 0. The lowest BCUT2D eigenvalue weighted by atomic mass is 10.1. The third-order valence-electron chi connectivity index (χ3n) is 4.79. The van der Waals surface area contributed by atoms with Crippen LogP contribution in [0.3, 0.4) is 0 Å². The molecule has 0 aliphatic heterocycles. The molecule has 5 nitrogen and oxygen atoms in total. The van der Waals surface area contributed by atoms with E-state index in [1.54, 1.807) is 43.3 Å². The minimum Gasteiger partial charge on any atom is -0.490 e. The summed E-state index contributed by atoms with van der Waals surface area (Å²) in [6.07, 6.45) is -3.34. The summed E-state index contributed by atoms with van der Waals surface area (Å²) in [6, 6.07) is 16.3. The van der Waals surface area contributed by atoms with E-state index in [9.17, 15) is 23.2 Å². The lowest BCUT2D eigenvalue weighted by Gasteiger charge is -2.13. The van der Waals surface area contributed by atoms with E-state index in [-0.39, 0.29) is 22.9 Å². The number of nitriles is 1. The van der Waals surface area contributed by atoms with Gasteiger partial charge in [-0.2, -0.15) is 18.4 Å². The van der Waals surface area contributed by atoms with Gasteiger partial charge in [-0.3, -0.25) is 4.79 Å². The minimum atomic E-state index is -4.62. The Morgan fingerprint density at radius 2 is 1.75 bits per heavy atom. The van der Waals surface area contributed by atoms with Crippen molar-refractivity contribution in [2.75, 3.05) is 11.9 Å². The van der Waals surface area contributed by atoms with Crippen molar-refractivity contribution in [3.05, 3.63) is 93.0 Å². The van der Waals surface area contributed by atoms with E-state index in [4.69, 9.17) is 32.7 Å². The molecule has 1 amide bonds. The lowest BCUT2D eigenvalue weighted by molar-refractivity contribution is -0.137. The third-order valence-corrected chi connectivity index (χ3v) is 5.37.